The molecule has 2 atom stereocenters. The van der Waals surface area contributed by atoms with Crippen LogP contribution in [0.25, 0.3) is 16.9 Å². The fourth-order valence-corrected chi connectivity index (χ4v) is 3.06. The number of alkyl halides is 2. The minimum atomic E-state index is -2.62. The maximum Gasteiger partial charge on any atom is 0.284 e. The maximum absolute atomic E-state index is 12.9. The maximum atomic E-state index is 12.9. The van der Waals surface area contributed by atoms with Gasteiger partial charge in [-0.25, -0.2) is 8.78 Å². The number of aromatic nitrogens is 4. The molecule has 3 aromatic rings. The first-order chi connectivity index (χ1) is 14.4. The Bertz CT molecular complexity index is 1100. The Labute approximate surface area is 168 Å². The molecule has 156 valence electrons. The van der Waals surface area contributed by atoms with Gasteiger partial charge in [-0.15, -0.1) is 0 Å². The number of aliphatic hydroxyl groups excluding tert-OH is 1. The third kappa shape index (κ3) is 3.84. The Hall–Kier alpha value is -3.44. The Morgan fingerprint density at radius 3 is 2.67 bits per heavy atom. The molecule has 1 fully saturated rings. The molecule has 3 N–H and O–H groups in total. The van der Waals surface area contributed by atoms with E-state index in [1.165, 1.54) is 42.7 Å². The summed E-state index contributed by atoms with van der Waals surface area (Å²) in [7, 11) is 0. The first kappa shape index (κ1) is 19.9. The second-order valence-corrected chi connectivity index (χ2v) is 6.72. The number of hydrogen-bond donors (Lipinski definition) is 3. The third-order valence-electron chi connectivity index (χ3n) is 4.71. The van der Waals surface area contributed by atoms with E-state index in [1.807, 2.05) is 0 Å². The van der Waals surface area contributed by atoms with E-state index in [0.717, 1.165) is 4.68 Å². The highest BCUT2D eigenvalue weighted by atomic mass is 19.3. The second kappa shape index (κ2) is 8.13. The predicted molar refractivity (Wildman–Crippen MR) is 100 cm³/mol. The smallest absolute Gasteiger partial charge is 0.284 e. The zero-order chi connectivity index (χ0) is 21.3. The van der Waals surface area contributed by atoms with Crippen LogP contribution >= 0.6 is 0 Å². The highest BCUT2D eigenvalue weighted by molar-refractivity contribution is 5.95. The van der Waals surface area contributed by atoms with Gasteiger partial charge in [0.25, 0.3) is 17.9 Å². The van der Waals surface area contributed by atoms with Crippen LogP contribution in [0.15, 0.2) is 47.5 Å². The lowest BCUT2D eigenvalue weighted by molar-refractivity contribution is 0.0884. The number of halogens is 2. The van der Waals surface area contributed by atoms with Crippen LogP contribution in [0.3, 0.4) is 0 Å². The van der Waals surface area contributed by atoms with Crippen molar-refractivity contribution < 1.29 is 23.4 Å². The summed E-state index contributed by atoms with van der Waals surface area (Å²) in [4.78, 5) is 25.7. The Kier molecular flexibility index (Phi) is 5.38. The average Bonchev–Trinajstić information content (AvgIpc) is 3.40. The third-order valence-corrected chi connectivity index (χ3v) is 4.71. The molecule has 1 aliphatic heterocycles. The zero-order valence-corrected chi connectivity index (χ0v) is 15.5. The molecular formula is C19H17F2N5O4. The van der Waals surface area contributed by atoms with E-state index < -0.39 is 30.0 Å². The number of H-pyrrole nitrogens is 1. The van der Waals surface area contributed by atoms with Crippen molar-refractivity contribution in [1.29, 1.82) is 0 Å². The van der Waals surface area contributed by atoms with Crippen molar-refractivity contribution in [1.82, 2.24) is 25.3 Å². The van der Waals surface area contributed by atoms with Gasteiger partial charge >= 0.3 is 0 Å². The normalized spacial score (nSPS) is 18.7. The molecule has 1 saturated heterocycles. The first-order valence-corrected chi connectivity index (χ1v) is 9.02. The molecule has 1 aromatic carbocycles. The molecule has 0 unspecified atom stereocenters. The highest BCUT2D eigenvalue weighted by Crippen LogP contribution is 2.23. The molecule has 2 aromatic heterocycles. The number of carbonyl (C=O) groups excluding carboxylic acids is 1. The molecule has 1 aliphatic rings. The minimum Gasteiger partial charge on any atom is -0.388 e. The van der Waals surface area contributed by atoms with E-state index >= 15 is 0 Å². The summed E-state index contributed by atoms with van der Waals surface area (Å²) in [5.74, 6) is -0.709. The monoisotopic (exact) mass is 417 g/mol. The highest BCUT2D eigenvalue weighted by Gasteiger charge is 2.29. The lowest BCUT2D eigenvalue weighted by atomic mass is 10.1. The summed E-state index contributed by atoms with van der Waals surface area (Å²) < 4.78 is 31.8. The van der Waals surface area contributed by atoms with Gasteiger partial charge < -0.3 is 15.2 Å². The number of aromatic amines is 1. The van der Waals surface area contributed by atoms with Gasteiger partial charge in [-0.05, 0) is 6.07 Å². The van der Waals surface area contributed by atoms with Gasteiger partial charge in [-0.1, -0.05) is 24.3 Å². The topological polar surface area (TPSA) is 122 Å². The molecule has 9 nitrogen and oxygen atoms in total. The number of nitrogens with one attached hydrogen (secondary N) is 2. The molecule has 0 saturated carbocycles. The molecular weight excluding hydrogens is 400 g/mol. The Balaban J connectivity index is 1.77. The van der Waals surface area contributed by atoms with Crippen LogP contribution in [0.2, 0.25) is 0 Å². The molecule has 4 rings (SSSR count). The van der Waals surface area contributed by atoms with Gasteiger partial charge in [-0.2, -0.15) is 14.9 Å². The van der Waals surface area contributed by atoms with Crippen molar-refractivity contribution in [2.24, 2.45) is 0 Å². The van der Waals surface area contributed by atoms with Crippen molar-refractivity contribution >= 4 is 5.91 Å². The number of aliphatic hydroxyl groups is 1. The largest absolute Gasteiger partial charge is 0.388 e. The van der Waals surface area contributed by atoms with Crippen LogP contribution in [0.1, 0.15) is 22.3 Å². The van der Waals surface area contributed by atoms with Gasteiger partial charge in [-0.3, -0.25) is 14.7 Å². The van der Waals surface area contributed by atoms with Crippen molar-refractivity contribution in [3.05, 3.63) is 64.2 Å². The predicted octanol–water partition coefficient (Wildman–Crippen LogP) is 1.05. The molecule has 11 heteroatoms. The summed E-state index contributed by atoms with van der Waals surface area (Å²) in [5.41, 5.74) is -0.118. The van der Waals surface area contributed by atoms with Gasteiger partial charge in [0.15, 0.2) is 0 Å². The van der Waals surface area contributed by atoms with Gasteiger partial charge in [0.1, 0.15) is 11.3 Å². The quantitative estimate of drug-likeness (QED) is 0.571. The van der Waals surface area contributed by atoms with Crippen LogP contribution < -0.4 is 10.9 Å². The summed E-state index contributed by atoms with van der Waals surface area (Å²) >= 11 is 0. The molecule has 0 spiro atoms. The summed E-state index contributed by atoms with van der Waals surface area (Å²) in [6.45, 7) is 0.206. The molecule has 30 heavy (non-hydrogen) atoms. The number of rotatable bonds is 5. The summed E-state index contributed by atoms with van der Waals surface area (Å²) in [6, 6.07) is 6.01. The van der Waals surface area contributed by atoms with Crippen molar-refractivity contribution in [2.75, 3.05) is 13.2 Å². The second-order valence-electron chi connectivity index (χ2n) is 6.72. The Morgan fingerprint density at radius 2 is 2.07 bits per heavy atom. The Morgan fingerprint density at radius 1 is 1.30 bits per heavy atom. The van der Waals surface area contributed by atoms with Crippen LogP contribution in [-0.2, 0) is 4.74 Å². The molecule has 3 heterocycles. The fourth-order valence-electron chi connectivity index (χ4n) is 3.06. The van der Waals surface area contributed by atoms with E-state index in [1.54, 1.807) is 0 Å². The zero-order valence-electron chi connectivity index (χ0n) is 15.5. The standard InChI is InChI=1S/C19H17F2N5O4/c20-17(21)11-3-1-10(2-4-11)14-5-13(18(28)24-15-8-30-9-16(15)27)19(29)26(25-14)12-6-22-23-7-12/h1-7,15-17,27H,8-9H2,(H,22,23)(H,24,28)/t15-,16+/m1/s1. The lowest BCUT2D eigenvalue weighted by Gasteiger charge is -2.15. The van der Waals surface area contributed by atoms with Crippen molar-refractivity contribution in [3.8, 4) is 16.9 Å². The van der Waals surface area contributed by atoms with Gasteiger partial charge in [0, 0.05) is 17.3 Å². The minimum absolute atomic E-state index is 0.0856. The van der Waals surface area contributed by atoms with E-state index in [-0.39, 0.29) is 30.0 Å². The summed E-state index contributed by atoms with van der Waals surface area (Å²) in [6.07, 6.45) is -0.718. The van der Waals surface area contributed by atoms with Crippen molar-refractivity contribution in [2.45, 2.75) is 18.6 Å². The van der Waals surface area contributed by atoms with Gasteiger partial charge in [0.05, 0.1) is 37.3 Å². The first-order valence-electron chi connectivity index (χ1n) is 9.02. The number of benzene rings is 1. The fraction of sp³-hybridized carbons (Fsp3) is 0.263. The van der Waals surface area contributed by atoms with Crippen LogP contribution in [0, 0.1) is 0 Å². The SMILES string of the molecule is O=C(N[C@@H]1COC[C@@H]1O)c1cc(-c2ccc(C(F)F)cc2)nn(-c2cn[nH]c2)c1=O. The van der Waals surface area contributed by atoms with E-state index in [4.69, 9.17) is 4.74 Å². The van der Waals surface area contributed by atoms with Crippen LogP contribution in [0.5, 0.6) is 0 Å². The average molecular weight is 417 g/mol. The number of nitrogens with zero attached hydrogens (tertiary/aromatic N) is 3. The van der Waals surface area contributed by atoms with Crippen LogP contribution in [0.4, 0.5) is 8.78 Å². The molecule has 1 amide bonds. The molecule has 0 aliphatic carbocycles. The van der Waals surface area contributed by atoms with E-state index in [0.29, 0.717) is 11.3 Å². The van der Waals surface area contributed by atoms with Crippen LogP contribution in [-0.4, -0.2) is 56.4 Å². The number of carbonyl (C=O) groups is 1. The van der Waals surface area contributed by atoms with Gasteiger partial charge in [0.2, 0.25) is 0 Å². The number of ether oxygens (including phenoxy) is 1. The van der Waals surface area contributed by atoms with Crippen molar-refractivity contribution in [3.63, 3.8) is 0 Å². The number of hydrogen-bond acceptors (Lipinski definition) is 6. The summed E-state index contributed by atoms with van der Waals surface area (Å²) in [5, 5.41) is 23.0. The molecule has 0 bridgehead atoms. The van der Waals surface area contributed by atoms with E-state index in [2.05, 4.69) is 20.6 Å². The van der Waals surface area contributed by atoms with E-state index in [9.17, 15) is 23.5 Å². The number of amides is 1. The molecule has 0 radical (unpaired) electrons. The lowest BCUT2D eigenvalue weighted by Crippen LogP contribution is -2.44.